The number of nitrogens with one attached hydrogen (secondary N) is 1. The third-order valence-corrected chi connectivity index (χ3v) is 6.13. The molecule has 1 N–H and O–H groups in total. The van der Waals surface area contributed by atoms with Gasteiger partial charge >= 0.3 is 0 Å². The van der Waals surface area contributed by atoms with Gasteiger partial charge in [0.1, 0.15) is 0 Å². The predicted octanol–water partition coefficient (Wildman–Crippen LogP) is 0.712. The van der Waals surface area contributed by atoms with Crippen LogP contribution in [0.4, 0.5) is 0 Å². The minimum Gasteiger partial charge on any atom is -0.372 e. The number of sulfonamides is 1. The quantitative estimate of drug-likeness (QED) is 0.701. The van der Waals surface area contributed by atoms with E-state index in [9.17, 15) is 8.42 Å². The Bertz CT molecular complexity index is 396. The first-order chi connectivity index (χ1) is 9.13. The second-order valence-corrected chi connectivity index (χ2v) is 8.11. The Hall–Kier alpha value is -0.170. The van der Waals surface area contributed by atoms with Crippen molar-refractivity contribution in [3.05, 3.63) is 0 Å². The van der Waals surface area contributed by atoms with Crippen molar-refractivity contribution in [2.45, 2.75) is 56.8 Å². The summed E-state index contributed by atoms with van der Waals surface area (Å²) in [7, 11) is -3.07. The summed E-state index contributed by atoms with van der Waals surface area (Å²) < 4.78 is 31.9. The molecule has 5 nitrogen and oxygen atoms in total. The molecule has 2 unspecified atom stereocenters. The van der Waals surface area contributed by atoms with Crippen LogP contribution in [0.25, 0.3) is 0 Å². The van der Waals surface area contributed by atoms with E-state index in [1.165, 1.54) is 12.8 Å². The van der Waals surface area contributed by atoms with Gasteiger partial charge in [-0.05, 0) is 45.1 Å². The standard InChI is InChI=1S/C13H24N2O3S/c16-19(17,8-2-1-7-14-11-3-4-11)15-9-12-5-6-13(10-15)18-12/h11-14H,1-10H2. The number of ether oxygens (including phenoxy) is 1. The summed E-state index contributed by atoms with van der Waals surface area (Å²) in [6.07, 6.45) is 6.60. The van der Waals surface area contributed by atoms with Gasteiger partial charge in [0.05, 0.1) is 18.0 Å². The predicted molar refractivity (Wildman–Crippen MR) is 73.5 cm³/mol. The smallest absolute Gasteiger partial charge is 0.214 e. The van der Waals surface area contributed by atoms with Crippen LogP contribution in [0.1, 0.15) is 38.5 Å². The van der Waals surface area contributed by atoms with Crippen LogP contribution < -0.4 is 5.32 Å². The Kier molecular flexibility index (Phi) is 4.12. The van der Waals surface area contributed by atoms with Gasteiger partial charge in [0, 0.05) is 19.1 Å². The molecule has 19 heavy (non-hydrogen) atoms. The summed E-state index contributed by atoms with van der Waals surface area (Å²) in [4.78, 5) is 0. The number of hydrogen-bond acceptors (Lipinski definition) is 4. The van der Waals surface area contributed by atoms with Gasteiger partial charge in [-0.3, -0.25) is 0 Å². The largest absolute Gasteiger partial charge is 0.372 e. The summed E-state index contributed by atoms with van der Waals surface area (Å²) in [5.74, 6) is 0.290. The molecule has 2 bridgehead atoms. The fourth-order valence-corrected chi connectivity index (χ4v) is 4.55. The molecule has 0 aromatic heterocycles. The minimum atomic E-state index is -3.07. The first-order valence-electron chi connectivity index (χ1n) is 7.50. The van der Waals surface area contributed by atoms with Crippen LogP contribution in [0.5, 0.6) is 0 Å². The van der Waals surface area contributed by atoms with Crippen molar-refractivity contribution >= 4 is 10.0 Å². The van der Waals surface area contributed by atoms with Crippen LogP contribution in [0.2, 0.25) is 0 Å². The number of unbranched alkanes of at least 4 members (excludes halogenated alkanes) is 1. The number of nitrogens with zero attached hydrogens (tertiary/aromatic N) is 1. The highest BCUT2D eigenvalue weighted by atomic mass is 32.2. The van der Waals surface area contributed by atoms with E-state index in [4.69, 9.17) is 4.74 Å². The molecule has 0 aromatic rings. The van der Waals surface area contributed by atoms with E-state index >= 15 is 0 Å². The van der Waals surface area contributed by atoms with Crippen molar-refractivity contribution in [3.8, 4) is 0 Å². The maximum Gasteiger partial charge on any atom is 0.214 e. The lowest BCUT2D eigenvalue weighted by molar-refractivity contribution is -0.0114. The van der Waals surface area contributed by atoms with E-state index in [0.29, 0.717) is 24.9 Å². The lowest BCUT2D eigenvalue weighted by Gasteiger charge is -2.31. The van der Waals surface area contributed by atoms with Crippen LogP contribution in [0.15, 0.2) is 0 Å². The van der Waals surface area contributed by atoms with E-state index in [1.807, 2.05) is 0 Å². The molecule has 1 aliphatic carbocycles. The summed E-state index contributed by atoms with van der Waals surface area (Å²) in [5, 5.41) is 3.42. The zero-order valence-electron chi connectivity index (χ0n) is 11.4. The molecule has 1 saturated carbocycles. The summed E-state index contributed by atoms with van der Waals surface area (Å²) in [6.45, 7) is 2.09. The molecular formula is C13H24N2O3S. The first kappa shape index (κ1) is 13.8. The van der Waals surface area contributed by atoms with Crippen LogP contribution in [-0.2, 0) is 14.8 Å². The van der Waals surface area contributed by atoms with Crippen molar-refractivity contribution in [2.75, 3.05) is 25.4 Å². The Morgan fingerprint density at radius 3 is 2.37 bits per heavy atom. The molecule has 2 atom stereocenters. The number of morpholine rings is 1. The highest BCUT2D eigenvalue weighted by Crippen LogP contribution is 2.28. The van der Waals surface area contributed by atoms with Gasteiger partial charge in [-0.2, -0.15) is 4.31 Å². The molecule has 0 radical (unpaired) electrons. The summed E-state index contributed by atoms with van der Waals surface area (Å²) in [6, 6.07) is 0.714. The van der Waals surface area contributed by atoms with Gasteiger partial charge in [-0.25, -0.2) is 8.42 Å². The van der Waals surface area contributed by atoms with E-state index < -0.39 is 10.0 Å². The molecule has 3 rings (SSSR count). The fourth-order valence-electron chi connectivity index (χ4n) is 2.94. The van der Waals surface area contributed by atoms with E-state index in [-0.39, 0.29) is 12.2 Å². The first-order valence-corrected chi connectivity index (χ1v) is 9.11. The Morgan fingerprint density at radius 1 is 1.05 bits per heavy atom. The van der Waals surface area contributed by atoms with Crippen molar-refractivity contribution < 1.29 is 13.2 Å². The van der Waals surface area contributed by atoms with E-state index in [2.05, 4.69) is 5.32 Å². The van der Waals surface area contributed by atoms with Crippen LogP contribution >= 0.6 is 0 Å². The lowest BCUT2D eigenvalue weighted by atomic mass is 10.2. The summed E-state index contributed by atoms with van der Waals surface area (Å²) >= 11 is 0. The molecule has 0 spiro atoms. The van der Waals surface area contributed by atoms with Gasteiger partial charge in [-0.15, -0.1) is 0 Å². The van der Waals surface area contributed by atoms with Crippen molar-refractivity contribution in [2.24, 2.45) is 0 Å². The molecule has 110 valence electrons. The highest BCUT2D eigenvalue weighted by Gasteiger charge is 2.38. The number of hydrogen-bond donors (Lipinski definition) is 1. The zero-order chi connectivity index (χ0) is 13.3. The molecule has 0 aromatic carbocycles. The van der Waals surface area contributed by atoms with Crippen LogP contribution in [0.3, 0.4) is 0 Å². The third-order valence-electron chi connectivity index (χ3n) is 4.24. The number of rotatable bonds is 7. The Morgan fingerprint density at radius 2 is 1.74 bits per heavy atom. The fraction of sp³-hybridized carbons (Fsp3) is 1.00. The zero-order valence-corrected chi connectivity index (χ0v) is 12.2. The molecule has 2 heterocycles. The average Bonchev–Trinajstić information content (AvgIpc) is 3.14. The van der Waals surface area contributed by atoms with Gasteiger partial charge in [-0.1, -0.05) is 0 Å². The second-order valence-electron chi connectivity index (χ2n) is 6.03. The molecular weight excluding hydrogens is 264 g/mol. The van der Waals surface area contributed by atoms with Gasteiger partial charge in [0.2, 0.25) is 10.0 Å². The van der Waals surface area contributed by atoms with Crippen molar-refractivity contribution in [1.82, 2.24) is 9.62 Å². The van der Waals surface area contributed by atoms with E-state index in [0.717, 1.165) is 32.2 Å². The van der Waals surface area contributed by atoms with Crippen LogP contribution in [0, 0.1) is 0 Å². The summed E-state index contributed by atoms with van der Waals surface area (Å²) in [5.41, 5.74) is 0. The molecule has 2 saturated heterocycles. The second kappa shape index (κ2) is 5.68. The molecule has 2 aliphatic heterocycles. The van der Waals surface area contributed by atoms with E-state index in [1.54, 1.807) is 4.31 Å². The maximum atomic E-state index is 12.3. The number of fused-ring (bicyclic) bond motifs is 2. The minimum absolute atomic E-state index is 0.144. The SMILES string of the molecule is O=S(=O)(CCCCNC1CC1)N1CC2CCC(C1)O2. The van der Waals surface area contributed by atoms with Gasteiger partial charge in [0.15, 0.2) is 0 Å². The monoisotopic (exact) mass is 288 g/mol. The molecule has 0 amide bonds. The molecule has 6 heteroatoms. The molecule has 3 fully saturated rings. The third kappa shape index (κ3) is 3.68. The van der Waals surface area contributed by atoms with Crippen molar-refractivity contribution in [1.29, 1.82) is 0 Å². The Labute approximate surface area is 115 Å². The average molecular weight is 288 g/mol. The normalized spacial score (nSPS) is 31.8. The van der Waals surface area contributed by atoms with Gasteiger partial charge < -0.3 is 10.1 Å². The van der Waals surface area contributed by atoms with Gasteiger partial charge in [0.25, 0.3) is 0 Å². The highest BCUT2D eigenvalue weighted by molar-refractivity contribution is 7.89. The Balaban J connectivity index is 1.40. The van der Waals surface area contributed by atoms with Crippen molar-refractivity contribution in [3.63, 3.8) is 0 Å². The molecule has 3 aliphatic rings. The van der Waals surface area contributed by atoms with Crippen LogP contribution in [-0.4, -0.2) is 56.4 Å². The maximum absolute atomic E-state index is 12.3. The topological polar surface area (TPSA) is 58.6 Å². The lowest BCUT2D eigenvalue weighted by Crippen LogP contribution is -2.46.